The smallest absolute Gasteiger partial charge is 0.403 e. The Balaban J connectivity index is 1.93. The lowest BCUT2D eigenvalue weighted by molar-refractivity contribution is -0.275. The van der Waals surface area contributed by atoms with E-state index in [1.807, 2.05) is 6.08 Å². The standard InChI is InChI=1S/C19H22F4O/c1-2-3-4-5-6-14-7-9-15(10-8-14)16-11-12-18(17(20)13-16)24-19(21,22)23/h3-6,11-15H,2,7-10H2,1H3/b4-3+,6-5+. The van der Waals surface area contributed by atoms with Crippen LogP contribution >= 0.6 is 0 Å². The molecule has 0 N–H and O–H groups in total. The third kappa shape index (κ3) is 5.69. The Hall–Kier alpha value is -1.78. The Morgan fingerprint density at radius 1 is 1.12 bits per heavy atom. The summed E-state index contributed by atoms with van der Waals surface area (Å²) in [6.07, 6.45) is 8.36. The van der Waals surface area contributed by atoms with Gasteiger partial charge in [-0.2, -0.15) is 0 Å². The van der Waals surface area contributed by atoms with Crippen molar-refractivity contribution in [3.05, 3.63) is 53.9 Å². The Labute approximate surface area is 140 Å². The van der Waals surface area contributed by atoms with Gasteiger partial charge in [0, 0.05) is 0 Å². The number of hydrogen-bond acceptors (Lipinski definition) is 1. The van der Waals surface area contributed by atoms with Crippen molar-refractivity contribution in [1.82, 2.24) is 0 Å². The molecule has 1 saturated carbocycles. The van der Waals surface area contributed by atoms with E-state index >= 15 is 0 Å². The second kappa shape index (κ2) is 8.36. The fourth-order valence-electron chi connectivity index (χ4n) is 3.06. The maximum Gasteiger partial charge on any atom is 0.573 e. The molecule has 1 aromatic carbocycles. The van der Waals surface area contributed by atoms with Gasteiger partial charge < -0.3 is 4.74 Å². The fraction of sp³-hybridized carbons (Fsp3) is 0.474. The average molecular weight is 342 g/mol. The molecule has 0 aromatic heterocycles. The Kier molecular flexibility index (Phi) is 6.46. The van der Waals surface area contributed by atoms with Crippen molar-refractivity contribution in [2.75, 3.05) is 0 Å². The average Bonchev–Trinajstić information content (AvgIpc) is 2.53. The summed E-state index contributed by atoms with van der Waals surface area (Å²) in [5.41, 5.74) is 0.746. The minimum atomic E-state index is -4.88. The van der Waals surface area contributed by atoms with Gasteiger partial charge in [-0.05, 0) is 61.6 Å². The van der Waals surface area contributed by atoms with E-state index in [-0.39, 0.29) is 5.92 Å². The summed E-state index contributed by atoms with van der Waals surface area (Å²) >= 11 is 0. The first-order valence-electron chi connectivity index (χ1n) is 8.27. The van der Waals surface area contributed by atoms with E-state index in [4.69, 9.17) is 0 Å². The monoisotopic (exact) mass is 342 g/mol. The second-order valence-corrected chi connectivity index (χ2v) is 6.07. The lowest BCUT2D eigenvalue weighted by Gasteiger charge is -2.27. The predicted octanol–water partition coefficient (Wildman–Crippen LogP) is 6.52. The minimum absolute atomic E-state index is 0.190. The van der Waals surface area contributed by atoms with Gasteiger partial charge >= 0.3 is 6.36 Å². The first-order valence-corrected chi connectivity index (χ1v) is 8.27. The van der Waals surface area contributed by atoms with E-state index in [2.05, 4.69) is 29.9 Å². The van der Waals surface area contributed by atoms with E-state index < -0.39 is 17.9 Å². The number of rotatable bonds is 5. The second-order valence-electron chi connectivity index (χ2n) is 6.07. The fourth-order valence-corrected chi connectivity index (χ4v) is 3.06. The molecule has 1 aromatic rings. The summed E-state index contributed by atoms with van der Waals surface area (Å²) in [5, 5.41) is 0. The van der Waals surface area contributed by atoms with Crippen molar-refractivity contribution in [2.45, 2.75) is 51.3 Å². The molecule has 1 nitrogen and oxygen atoms in total. The third-order valence-corrected chi connectivity index (χ3v) is 4.29. The lowest BCUT2D eigenvalue weighted by Crippen LogP contribution is -2.18. The number of alkyl halides is 3. The largest absolute Gasteiger partial charge is 0.573 e. The van der Waals surface area contributed by atoms with Crippen LogP contribution in [0.2, 0.25) is 0 Å². The van der Waals surface area contributed by atoms with E-state index in [1.165, 1.54) is 12.1 Å². The molecule has 0 unspecified atom stereocenters. The molecule has 132 valence electrons. The molecule has 24 heavy (non-hydrogen) atoms. The van der Waals surface area contributed by atoms with Crippen LogP contribution in [0.4, 0.5) is 17.6 Å². The molecule has 0 amide bonds. The summed E-state index contributed by atoms with van der Waals surface area (Å²) in [6, 6.07) is 3.78. The minimum Gasteiger partial charge on any atom is -0.403 e. The maximum atomic E-state index is 13.8. The Morgan fingerprint density at radius 2 is 1.83 bits per heavy atom. The van der Waals surface area contributed by atoms with Crippen molar-refractivity contribution >= 4 is 0 Å². The molecule has 1 aliphatic carbocycles. The SMILES string of the molecule is CC/C=C/C=C/C1CCC(c2ccc(OC(F)(F)F)c(F)c2)CC1. The van der Waals surface area contributed by atoms with Gasteiger partial charge in [-0.25, -0.2) is 4.39 Å². The molecule has 0 aliphatic heterocycles. The molecule has 0 heterocycles. The van der Waals surface area contributed by atoms with Crippen LogP contribution in [0.1, 0.15) is 50.5 Å². The Morgan fingerprint density at radius 3 is 2.42 bits per heavy atom. The predicted molar refractivity (Wildman–Crippen MR) is 86.4 cm³/mol. The van der Waals surface area contributed by atoms with Gasteiger partial charge in [-0.15, -0.1) is 13.2 Å². The maximum absolute atomic E-state index is 13.8. The van der Waals surface area contributed by atoms with Crippen LogP contribution in [-0.2, 0) is 0 Å². The molecular formula is C19H22F4O. The number of halogens is 4. The molecule has 0 atom stereocenters. The van der Waals surface area contributed by atoms with Crippen LogP contribution in [0.15, 0.2) is 42.5 Å². The van der Waals surface area contributed by atoms with Gasteiger partial charge in [0.25, 0.3) is 0 Å². The van der Waals surface area contributed by atoms with Gasteiger partial charge in [0.05, 0.1) is 0 Å². The summed E-state index contributed by atoms with van der Waals surface area (Å²) in [7, 11) is 0. The normalized spacial score (nSPS) is 22.4. The van der Waals surface area contributed by atoms with Gasteiger partial charge in [0.15, 0.2) is 11.6 Å². The zero-order chi connectivity index (χ0) is 17.6. The number of hydrogen-bond donors (Lipinski definition) is 0. The molecule has 0 saturated heterocycles. The number of allylic oxidation sites excluding steroid dienone is 4. The van der Waals surface area contributed by atoms with Crippen molar-refractivity contribution in [3.8, 4) is 5.75 Å². The van der Waals surface area contributed by atoms with Crippen molar-refractivity contribution < 1.29 is 22.3 Å². The van der Waals surface area contributed by atoms with Gasteiger partial charge in [0.2, 0.25) is 0 Å². The van der Waals surface area contributed by atoms with E-state index in [1.54, 1.807) is 0 Å². The molecule has 2 rings (SSSR count). The zero-order valence-corrected chi connectivity index (χ0v) is 13.7. The highest BCUT2D eigenvalue weighted by atomic mass is 19.4. The summed E-state index contributed by atoms with van der Waals surface area (Å²) in [4.78, 5) is 0. The Bertz CT molecular complexity index is 582. The summed E-state index contributed by atoms with van der Waals surface area (Å²) in [6.45, 7) is 2.08. The highest BCUT2D eigenvalue weighted by Gasteiger charge is 2.32. The number of benzene rings is 1. The van der Waals surface area contributed by atoms with E-state index in [0.717, 1.165) is 43.7 Å². The van der Waals surface area contributed by atoms with Crippen molar-refractivity contribution in [1.29, 1.82) is 0 Å². The molecule has 0 bridgehead atoms. The van der Waals surface area contributed by atoms with Crippen molar-refractivity contribution in [2.24, 2.45) is 5.92 Å². The number of ether oxygens (including phenoxy) is 1. The van der Waals surface area contributed by atoms with E-state index in [9.17, 15) is 17.6 Å². The highest BCUT2D eigenvalue weighted by molar-refractivity contribution is 5.31. The van der Waals surface area contributed by atoms with Gasteiger partial charge in [-0.3, -0.25) is 0 Å². The quantitative estimate of drug-likeness (QED) is 0.437. The molecular weight excluding hydrogens is 320 g/mol. The summed E-state index contributed by atoms with van der Waals surface area (Å²) < 4.78 is 54.0. The van der Waals surface area contributed by atoms with Crippen molar-refractivity contribution in [3.63, 3.8) is 0 Å². The van der Waals surface area contributed by atoms with Gasteiger partial charge in [0.1, 0.15) is 0 Å². The molecule has 5 heteroatoms. The van der Waals surface area contributed by atoms with Crippen LogP contribution in [0, 0.1) is 11.7 Å². The van der Waals surface area contributed by atoms with E-state index in [0.29, 0.717) is 5.92 Å². The van der Waals surface area contributed by atoms with Crippen LogP contribution in [0.3, 0.4) is 0 Å². The summed E-state index contributed by atoms with van der Waals surface area (Å²) in [5.74, 6) is -1.03. The zero-order valence-electron chi connectivity index (χ0n) is 13.7. The van der Waals surface area contributed by atoms with Crippen LogP contribution in [0.5, 0.6) is 5.75 Å². The lowest BCUT2D eigenvalue weighted by atomic mass is 9.78. The molecule has 1 aliphatic rings. The van der Waals surface area contributed by atoms with Crippen LogP contribution in [-0.4, -0.2) is 6.36 Å². The molecule has 0 spiro atoms. The third-order valence-electron chi connectivity index (χ3n) is 4.29. The topological polar surface area (TPSA) is 9.23 Å². The first kappa shape index (κ1) is 18.6. The molecule has 1 fully saturated rings. The molecule has 0 radical (unpaired) electrons. The van der Waals surface area contributed by atoms with Gasteiger partial charge in [-0.1, -0.05) is 37.3 Å². The van der Waals surface area contributed by atoms with Crippen LogP contribution < -0.4 is 4.74 Å². The first-order chi connectivity index (χ1) is 11.4. The highest BCUT2D eigenvalue weighted by Crippen LogP contribution is 2.38. The van der Waals surface area contributed by atoms with Crippen LogP contribution in [0.25, 0.3) is 0 Å².